The number of benzene rings is 5. The smallest absolute Gasteiger partial charge is 0.258 e. The number of nitrogens with zero attached hydrogens (tertiary/aromatic N) is 1. The molecule has 3 heteroatoms. The first kappa shape index (κ1) is 17.6. The minimum absolute atomic E-state index is 0.119. The Morgan fingerprint density at radius 3 is 1.68 bits per heavy atom. The topological polar surface area (TPSA) is 43.1 Å². The Balaban J connectivity index is 1.82. The molecule has 0 fully saturated rings. The van der Waals surface area contributed by atoms with Crippen molar-refractivity contribution in [1.29, 1.82) is 0 Å². The van der Waals surface area contributed by atoms with Crippen molar-refractivity contribution in [3.8, 4) is 44.5 Å². The largest absolute Gasteiger partial charge is 0.277 e. The Labute approximate surface area is 179 Å². The van der Waals surface area contributed by atoms with E-state index in [4.69, 9.17) is 0 Å². The summed E-state index contributed by atoms with van der Waals surface area (Å²) in [6.45, 7) is 0. The molecule has 0 amide bonds. The van der Waals surface area contributed by atoms with Gasteiger partial charge in [0.15, 0.2) is 0 Å². The zero-order valence-corrected chi connectivity index (χ0v) is 16.6. The van der Waals surface area contributed by atoms with Gasteiger partial charge in [0, 0.05) is 6.07 Å². The predicted octanol–water partition coefficient (Wildman–Crippen LogP) is 7.73. The van der Waals surface area contributed by atoms with Gasteiger partial charge in [-0.2, -0.15) is 0 Å². The summed E-state index contributed by atoms with van der Waals surface area (Å²) in [5.74, 6) is 0. The molecule has 5 aromatic carbocycles. The van der Waals surface area contributed by atoms with Crippen molar-refractivity contribution in [2.75, 3.05) is 0 Å². The highest BCUT2D eigenvalue weighted by atomic mass is 16.6. The van der Waals surface area contributed by atoms with Gasteiger partial charge >= 0.3 is 0 Å². The monoisotopic (exact) mass is 399 g/mol. The fraction of sp³-hybridized carbons (Fsp3) is 0. The Kier molecular flexibility index (Phi) is 3.77. The van der Waals surface area contributed by atoms with Crippen molar-refractivity contribution in [1.82, 2.24) is 0 Å². The van der Waals surface area contributed by atoms with Crippen LogP contribution >= 0.6 is 0 Å². The van der Waals surface area contributed by atoms with Crippen LogP contribution in [0.15, 0.2) is 103 Å². The van der Waals surface area contributed by atoms with Gasteiger partial charge in [0.25, 0.3) is 5.69 Å². The maximum atomic E-state index is 11.8. The second-order valence-electron chi connectivity index (χ2n) is 7.76. The minimum atomic E-state index is -0.299. The van der Waals surface area contributed by atoms with Gasteiger partial charge in [-0.25, -0.2) is 0 Å². The lowest BCUT2D eigenvalue weighted by Crippen LogP contribution is -1.95. The van der Waals surface area contributed by atoms with Gasteiger partial charge in [0.1, 0.15) is 0 Å². The Bertz CT molecular complexity index is 1510. The Morgan fingerprint density at radius 1 is 0.484 bits per heavy atom. The number of hydrogen-bond donors (Lipinski definition) is 0. The van der Waals surface area contributed by atoms with Gasteiger partial charge in [-0.3, -0.25) is 10.1 Å². The molecule has 5 aromatic rings. The maximum absolute atomic E-state index is 11.8. The standard InChI is InChI=1S/C28H17NO2/c30-29(31)26-17-4-3-11-20(26)23-15-7-16-25-24-14-6-9-18-8-5-13-21(27(18)24)19-10-1-2-12-22(19)28(23)25/h1-17H. The first-order valence-electron chi connectivity index (χ1n) is 10.2. The van der Waals surface area contributed by atoms with Gasteiger partial charge in [0.2, 0.25) is 0 Å². The van der Waals surface area contributed by atoms with Gasteiger partial charge in [0.05, 0.1) is 10.5 Å². The van der Waals surface area contributed by atoms with Crippen molar-refractivity contribution >= 4 is 16.5 Å². The summed E-state index contributed by atoms with van der Waals surface area (Å²) >= 11 is 0. The van der Waals surface area contributed by atoms with Crippen LogP contribution < -0.4 is 0 Å². The molecule has 0 atom stereocenters. The molecular weight excluding hydrogens is 382 g/mol. The molecule has 1 aliphatic rings. The summed E-state index contributed by atoms with van der Waals surface area (Å²) in [4.78, 5) is 11.5. The van der Waals surface area contributed by atoms with Crippen LogP contribution in [0.25, 0.3) is 55.3 Å². The summed E-state index contributed by atoms with van der Waals surface area (Å²) in [5, 5.41) is 14.2. The molecule has 0 saturated carbocycles. The number of rotatable bonds is 2. The molecule has 0 heterocycles. The predicted molar refractivity (Wildman–Crippen MR) is 126 cm³/mol. The quantitative estimate of drug-likeness (QED) is 0.221. The van der Waals surface area contributed by atoms with E-state index in [-0.39, 0.29) is 10.6 Å². The normalized spacial score (nSPS) is 11.5. The SMILES string of the molecule is O=[N+]([O-])c1ccccc1-c1cccc2c1-c1ccccc1-c1cccc3cccc-2c13. The van der Waals surface area contributed by atoms with E-state index in [1.807, 2.05) is 30.3 Å². The summed E-state index contributed by atoms with van der Waals surface area (Å²) < 4.78 is 0. The second-order valence-corrected chi connectivity index (χ2v) is 7.76. The number of nitro benzene ring substituents is 1. The van der Waals surface area contributed by atoms with Crippen LogP contribution in [-0.2, 0) is 0 Å². The zero-order chi connectivity index (χ0) is 20.9. The minimum Gasteiger partial charge on any atom is -0.258 e. The highest BCUT2D eigenvalue weighted by Gasteiger charge is 2.25. The lowest BCUT2D eigenvalue weighted by atomic mass is 9.87. The third-order valence-corrected chi connectivity index (χ3v) is 6.14. The third kappa shape index (κ3) is 2.53. The molecule has 1 aliphatic carbocycles. The van der Waals surface area contributed by atoms with E-state index in [1.165, 1.54) is 16.3 Å². The van der Waals surface area contributed by atoms with Crippen molar-refractivity contribution in [3.63, 3.8) is 0 Å². The van der Waals surface area contributed by atoms with Crippen molar-refractivity contribution in [2.24, 2.45) is 0 Å². The molecule has 0 aliphatic heterocycles. The van der Waals surface area contributed by atoms with E-state index in [0.29, 0.717) is 5.56 Å². The maximum Gasteiger partial charge on any atom is 0.277 e. The molecule has 0 unspecified atom stereocenters. The highest BCUT2D eigenvalue weighted by Crippen LogP contribution is 2.51. The van der Waals surface area contributed by atoms with Gasteiger partial charge in [-0.15, -0.1) is 0 Å². The molecule has 0 saturated heterocycles. The van der Waals surface area contributed by atoms with Crippen molar-refractivity contribution in [2.45, 2.75) is 0 Å². The molecule has 0 bridgehead atoms. The van der Waals surface area contributed by atoms with Gasteiger partial charge < -0.3 is 0 Å². The van der Waals surface area contributed by atoms with E-state index in [9.17, 15) is 10.1 Å². The first-order chi connectivity index (χ1) is 15.2. The molecule has 0 radical (unpaired) electrons. The zero-order valence-electron chi connectivity index (χ0n) is 16.6. The van der Waals surface area contributed by atoms with Crippen LogP contribution in [0.1, 0.15) is 0 Å². The summed E-state index contributed by atoms with van der Waals surface area (Å²) in [6, 6.07) is 34.3. The molecule has 0 aromatic heterocycles. The number of para-hydroxylation sites is 1. The number of fused-ring (bicyclic) bond motifs is 5. The average molecular weight is 399 g/mol. The van der Waals surface area contributed by atoms with Crippen molar-refractivity contribution < 1.29 is 4.92 Å². The molecule has 0 spiro atoms. The van der Waals surface area contributed by atoms with Crippen molar-refractivity contribution in [3.05, 3.63) is 113 Å². The molecule has 0 N–H and O–H groups in total. The van der Waals surface area contributed by atoms with Crippen LogP contribution in [0.5, 0.6) is 0 Å². The van der Waals surface area contributed by atoms with E-state index in [0.717, 1.165) is 33.4 Å². The molecular formula is C28H17NO2. The fourth-order valence-electron chi connectivity index (χ4n) is 4.88. The first-order valence-corrected chi connectivity index (χ1v) is 10.2. The number of hydrogen-bond acceptors (Lipinski definition) is 2. The molecule has 31 heavy (non-hydrogen) atoms. The Hall–Kier alpha value is -4.24. The van der Waals surface area contributed by atoms with Crippen LogP contribution in [0.2, 0.25) is 0 Å². The van der Waals surface area contributed by atoms with Crippen LogP contribution in [0.4, 0.5) is 5.69 Å². The summed E-state index contributed by atoms with van der Waals surface area (Å²) in [6.07, 6.45) is 0. The summed E-state index contributed by atoms with van der Waals surface area (Å²) in [5.41, 5.74) is 8.34. The van der Waals surface area contributed by atoms with Gasteiger partial charge in [-0.1, -0.05) is 91.0 Å². The summed E-state index contributed by atoms with van der Waals surface area (Å²) in [7, 11) is 0. The van der Waals surface area contributed by atoms with Crippen LogP contribution in [-0.4, -0.2) is 4.92 Å². The number of nitro groups is 1. The van der Waals surface area contributed by atoms with E-state index in [1.54, 1.807) is 12.1 Å². The fourth-order valence-corrected chi connectivity index (χ4v) is 4.88. The van der Waals surface area contributed by atoms with Crippen LogP contribution in [0, 0.1) is 10.1 Å². The molecule has 146 valence electrons. The highest BCUT2D eigenvalue weighted by molar-refractivity contribution is 6.15. The van der Waals surface area contributed by atoms with E-state index >= 15 is 0 Å². The van der Waals surface area contributed by atoms with Gasteiger partial charge in [-0.05, 0) is 55.8 Å². The lowest BCUT2D eigenvalue weighted by Gasteiger charge is -2.16. The molecule has 3 nitrogen and oxygen atoms in total. The lowest BCUT2D eigenvalue weighted by molar-refractivity contribution is -0.384. The van der Waals surface area contributed by atoms with Crippen LogP contribution in [0.3, 0.4) is 0 Å². The van der Waals surface area contributed by atoms with E-state index < -0.39 is 0 Å². The Morgan fingerprint density at radius 2 is 0.968 bits per heavy atom. The average Bonchev–Trinajstić information content (AvgIpc) is 2.94. The second kappa shape index (κ2) is 6.64. The van der Waals surface area contributed by atoms with E-state index in [2.05, 4.69) is 60.7 Å². The third-order valence-electron chi connectivity index (χ3n) is 6.14. The molecule has 6 rings (SSSR count).